The van der Waals surface area contributed by atoms with Gasteiger partial charge in [-0.25, -0.2) is 4.39 Å². The van der Waals surface area contributed by atoms with Gasteiger partial charge in [-0.3, -0.25) is 4.79 Å². The molecule has 1 N–H and O–H groups in total. The molecule has 0 saturated carbocycles. The summed E-state index contributed by atoms with van der Waals surface area (Å²) in [5, 5.41) is 2.64. The fourth-order valence-electron chi connectivity index (χ4n) is 1.07. The minimum Gasteiger partial charge on any atom is -0.484 e. The Labute approximate surface area is 93.9 Å². The predicted octanol–water partition coefficient (Wildman–Crippen LogP) is 1.90. The van der Waals surface area contributed by atoms with Crippen LogP contribution in [0.3, 0.4) is 0 Å². The van der Waals surface area contributed by atoms with Crippen LogP contribution in [0.4, 0.5) is 4.39 Å². The van der Waals surface area contributed by atoms with Gasteiger partial charge in [0, 0.05) is 12.6 Å². The van der Waals surface area contributed by atoms with E-state index in [9.17, 15) is 9.18 Å². The van der Waals surface area contributed by atoms with Gasteiger partial charge in [0.25, 0.3) is 5.91 Å². The van der Waals surface area contributed by atoms with E-state index in [-0.39, 0.29) is 18.3 Å². The molecule has 1 amide bonds. The fourth-order valence-corrected chi connectivity index (χ4v) is 1.07. The van der Waals surface area contributed by atoms with Crippen LogP contribution < -0.4 is 10.1 Å². The number of hydrogen-bond donors (Lipinski definition) is 1. The van der Waals surface area contributed by atoms with Crippen LogP contribution in [0, 0.1) is 5.82 Å². The Morgan fingerprint density at radius 3 is 3.06 bits per heavy atom. The van der Waals surface area contributed by atoms with Crippen molar-refractivity contribution in [3.8, 4) is 5.75 Å². The maximum absolute atomic E-state index is 12.7. The predicted molar refractivity (Wildman–Crippen MR) is 59.7 cm³/mol. The Morgan fingerprint density at radius 2 is 2.38 bits per heavy atom. The van der Waals surface area contributed by atoms with Crippen LogP contribution in [0.25, 0.3) is 0 Å². The molecule has 4 heteroatoms. The van der Waals surface area contributed by atoms with Crippen molar-refractivity contribution in [2.75, 3.05) is 13.2 Å². The van der Waals surface area contributed by atoms with E-state index in [0.717, 1.165) is 0 Å². The van der Waals surface area contributed by atoms with Crippen LogP contribution in [-0.2, 0) is 4.79 Å². The Kier molecular flexibility index (Phi) is 5.05. The third-order valence-electron chi connectivity index (χ3n) is 1.84. The summed E-state index contributed by atoms with van der Waals surface area (Å²) in [6.07, 6.45) is 2.43. The zero-order chi connectivity index (χ0) is 11.8. The molecule has 1 aromatic rings. The van der Waals surface area contributed by atoms with Gasteiger partial charge >= 0.3 is 0 Å². The molecule has 0 aromatic heterocycles. The molecule has 1 rings (SSSR count). The molecule has 3 nitrogen and oxygen atoms in total. The molecule has 0 fully saturated rings. The number of carbonyl (C=O) groups excluding carboxylic acids is 1. The number of carbonyl (C=O) groups is 1. The SMILES string of the molecule is C=CCCNC(=O)COc1cccc(F)c1. The second kappa shape index (κ2) is 6.61. The monoisotopic (exact) mass is 223 g/mol. The number of halogens is 1. The third kappa shape index (κ3) is 4.59. The molecule has 16 heavy (non-hydrogen) atoms. The normalized spacial score (nSPS) is 9.56. The Bertz CT molecular complexity index is 366. The first kappa shape index (κ1) is 12.2. The zero-order valence-electron chi connectivity index (χ0n) is 8.91. The number of benzene rings is 1. The van der Waals surface area contributed by atoms with E-state index in [2.05, 4.69) is 11.9 Å². The van der Waals surface area contributed by atoms with E-state index in [0.29, 0.717) is 18.7 Å². The van der Waals surface area contributed by atoms with Crippen molar-refractivity contribution in [3.05, 3.63) is 42.7 Å². The molecular weight excluding hydrogens is 209 g/mol. The minimum atomic E-state index is -0.385. The Hall–Kier alpha value is -1.84. The highest BCUT2D eigenvalue weighted by atomic mass is 19.1. The lowest BCUT2D eigenvalue weighted by molar-refractivity contribution is -0.123. The van der Waals surface area contributed by atoms with Crippen molar-refractivity contribution < 1.29 is 13.9 Å². The minimum absolute atomic E-state index is 0.111. The van der Waals surface area contributed by atoms with E-state index in [4.69, 9.17) is 4.74 Å². The Morgan fingerprint density at radius 1 is 1.56 bits per heavy atom. The van der Waals surface area contributed by atoms with Gasteiger partial charge in [-0.1, -0.05) is 12.1 Å². The smallest absolute Gasteiger partial charge is 0.257 e. The number of amides is 1. The summed E-state index contributed by atoms with van der Waals surface area (Å²) in [5.41, 5.74) is 0. The van der Waals surface area contributed by atoms with Crippen LogP contribution >= 0.6 is 0 Å². The van der Waals surface area contributed by atoms with Crippen molar-refractivity contribution in [2.24, 2.45) is 0 Å². The average Bonchev–Trinajstić information content (AvgIpc) is 2.27. The molecule has 1 aromatic carbocycles. The van der Waals surface area contributed by atoms with Crippen molar-refractivity contribution >= 4 is 5.91 Å². The molecule has 0 unspecified atom stereocenters. The fraction of sp³-hybridized carbons (Fsp3) is 0.250. The first-order valence-corrected chi connectivity index (χ1v) is 4.98. The summed E-state index contributed by atoms with van der Waals surface area (Å²) in [6, 6.07) is 5.68. The highest BCUT2D eigenvalue weighted by molar-refractivity contribution is 5.77. The van der Waals surface area contributed by atoms with Gasteiger partial charge in [-0.2, -0.15) is 0 Å². The van der Waals surface area contributed by atoms with Crippen LogP contribution in [0.5, 0.6) is 5.75 Å². The summed E-state index contributed by atoms with van der Waals surface area (Å²) in [6.45, 7) is 3.96. The second-order valence-electron chi connectivity index (χ2n) is 3.17. The van der Waals surface area contributed by atoms with Gasteiger partial charge in [0.1, 0.15) is 11.6 Å². The quantitative estimate of drug-likeness (QED) is 0.591. The molecule has 86 valence electrons. The molecule has 0 bridgehead atoms. The van der Waals surface area contributed by atoms with Crippen LogP contribution in [0.2, 0.25) is 0 Å². The lowest BCUT2D eigenvalue weighted by Crippen LogP contribution is -2.29. The van der Waals surface area contributed by atoms with Crippen LogP contribution in [0.15, 0.2) is 36.9 Å². The molecule has 0 saturated heterocycles. The largest absolute Gasteiger partial charge is 0.484 e. The summed E-state index contributed by atoms with van der Waals surface area (Å²) in [5.74, 6) is -0.269. The number of ether oxygens (including phenoxy) is 1. The molecule has 0 aliphatic heterocycles. The first-order valence-electron chi connectivity index (χ1n) is 4.98. The maximum Gasteiger partial charge on any atom is 0.257 e. The molecule has 0 aliphatic carbocycles. The van der Waals surface area contributed by atoms with Gasteiger partial charge in [-0.05, 0) is 18.6 Å². The second-order valence-corrected chi connectivity index (χ2v) is 3.17. The van der Waals surface area contributed by atoms with Crippen molar-refractivity contribution in [1.82, 2.24) is 5.32 Å². The molecule has 0 heterocycles. The maximum atomic E-state index is 12.7. The van der Waals surface area contributed by atoms with Crippen molar-refractivity contribution in [1.29, 1.82) is 0 Å². The highest BCUT2D eigenvalue weighted by Gasteiger charge is 2.01. The van der Waals surface area contributed by atoms with Gasteiger partial charge in [0.15, 0.2) is 6.61 Å². The molecule has 0 aliphatic rings. The number of hydrogen-bond acceptors (Lipinski definition) is 2. The standard InChI is InChI=1S/C12H14FNO2/c1-2-3-7-14-12(15)9-16-11-6-4-5-10(13)8-11/h2,4-6,8H,1,3,7,9H2,(H,14,15). The average molecular weight is 223 g/mol. The van der Waals surface area contributed by atoms with Gasteiger partial charge in [0.05, 0.1) is 0 Å². The van der Waals surface area contributed by atoms with Gasteiger partial charge in [0.2, 0.25) is 0 Å². The van der Waals surface area contributed by atoms with Crippen molar-refractivity contribution in [2.45, 2.75) is 6.42 Å². The molecule has 0 atom stereocenters. The van der Waals surface area contributed by atoms with Gasteiger partial charge < -0.3 is 10.1 Å². The molecular formula is C12H14FNO2. The molecule has 0 spiro atoms. The third-order valence-corrected chi connectivity index (χ3v) is 1.84. The van der Waals surface area contributed by atoms with Crippen molar-refractivity contribution in [3.63, 3.8) is 0 Å². The van der Waals surface area contributed by atoms with Gasteiger partial charge in [-0.15, -0.1) is 6.58 Å². The molecule has 0 radical (unpaired) electrons. The highest BCUT2D eigenvalue weighted by Crippen LogP contribution is 2.11. The first-order chi connectivity index (χ1) is 7.72. The summed E-state index contributed by atoms with van der Waals surface area (Å²) < 4.78 is 17.8. The number of rotatable bonds is 6. The summed E-state index contributed by atoms with van der Waals surface area (Å²) in [4.78, 5) is 11.2. The topological polar surface area (TPSA) is 38.3 Å². The van der Waals surface area contributed by atoms with E-state index in [1.165, 1.54) is 18.2 Å². The lowest BCUT2D eigenvalue weighted by atomic mass is 10.3. The van der Waals surface area contributed by atoms with E-state index in [1.54, 1.807) is 12.1 Å². The van der Waals surface area contributed by atoms with E-state index in [1.807, 2.05) is 0 Å². The Balaban J connectivity index is 2.28. The summed E-state index contributed by atoms with van der Waals surface area (Å²) in [7, 11) is 0. The number of nitrogens with one attached hydrogen (secondary N) is 1. The summed E-state index contributed by atoms with van der Waals surface area (Å²) >= 11 is 0. The lowest BCUT2D eigenvalue weighted by Gasteiger charge is -2.06. The van der Waals surface area contributed by atoms with Crippen LogP contribution in [0.1, 0.15) is 6.42 Å². The zero-order valence-corrected chi connectivity index (χ0v) is 8.91. The van der Waals surface area contributed by atoms with E-state index >= 15 is 0 Å². The van der Waals surface area contributed by atoms with E-state index < -0.39 is 0 Å². The van der Waals surface area contributed by atoms with Crippen LogP contribution in [-0.4, -0.2) is 19.1 Å².